The molecule has 3 rings (SSSR count). The minimum atomic E-state index is 0.602. The summed E-state index contributed by atoms with van der Waals surface area (Å²) in [5, 5.41) is 7.63. The number of hydrogen-bond donors (Lipinski definition) is 1. The first kappa shape index (κ1) is 12.4. The smallest absolute Gasteiger partial charge is 0.213 e. The van der Waals surface area contributed by atoms with Crippen molar-refractivity contribution >= 4 is 11.3 Å². The van der Waals surface area contributed by atoms with Gasteiger partial charge in [-0.2, -0.15) is 5.10 Å². The second-order valence-electron chi connectivity index (χ2n) is 4.49. The van der Waals surface area contributed by atoms with E-state index in [0.717, 1.165) is 22.6 Å². The van der Waals surface area contributed by atoms with Crippen molar-refractivity contribution in [3.8, 4) is 5.88 Å². The average Bonchev–Trinajstić information content (AvgIpc) is 2.85. The number of rotatable bonds is 4. The van der Waals surface area contributed by atoms with Crippen LogP contribution >= 0.6 is 0 Å². The van der Waals surface area contributed by atoms with Gasteiger partial charge < -0.3 is 10.1 Å². The highest BCUT2D eigenvalue weighted by molar-refractivity contribution is 5.43. The fourth-order valence-corrected chi connectivity index (χ4v) is 1.93. The quantitative estimate of drug-likeness (QED) is 0.785. The van der Waals surface area contributed by atoms with Gasteiger partial charge in [0.2, 0.25) is 5.88 Å². The minimum absolute atomic E-state index is 0.602. The van der Waals surface area contributed by atoms with Gasteiger partial charge in [0, 0.05) is 36.6 Å². The Hall–Kier alpha value is -2.63. The van der Waals surface area contributed by atoms with Crippen molar-refractivity contribution in [2.75, 3.05) is 12.4 Å². The molecule has 102 valence electrons. The zero-order valence-corrected chi connectivity index (χ0v) is 11.4. The number of methoxy groups -OCH3 is 1. The number of fused-ring (bicyclic) bond motifs is 1. The van der Waals surface area contributed by atoms with E-state index in [-0.39, 0.29) is 0 Å². The molecule has 3 heterocycles. The maximum absolute atomic E-state index is 5.02. The Labute approximate surface area is 116 Å². The van der Waals surface area contributed by atoms with Gasteiger partial charge >= 0.3 is 0 Å². The third-order valence-electron chi connectivity index (χ3n) is 2.93. The molecule has 0 aliphatic heterocycles. The van der Waals surface area contributed by atoms with Crippen LogP contribution in [0.25, 0.3) is 5.65 Å². The minimum Gasteiger partial charge on any atom is -0.481 e. The normalized spacial score (nSPS) is 10.7. The molecule has 0 amide bonds. The molecule has 20 heavy (non-hydrogen) atoms. The number of ether oxygens (including phenoxy) is 1. The molecule has 0 aromatic carbocycles. The predicted octanol–water partition coefficient (Wildman–Crippen LogP) is 2.05. The van der Waals surface area contributed by atoms with Gasteiger partial charge in [-0.05, 0) is 13.0 Å². The molecule has 0 saturated heterocycles. The Balaban J connectivity index is 1.72. The lowest BCUT2D eigenvalue weighted by atomic mass is 10.3. The Morgan fingerprint density at radius 3 is 2.90 bits per heavy atom. The summed E-state index contributed by atoms with van der Waals surface area (Å²) < 4.78 is 6.81. The van der Waals surface area contributed by atoms with Crippen LogP contribution in [-0.4, -0.2) is 26.7 Å². The van der Waals surface area contributed by atoms with Gasteiger partial charge in [-0.1, -0.05) is 0 Å². The Kier molecular flexibility index (Phi) is 3.20. The van der Waals surface area contributed by atoms with Crippen LogP contribution in [0.5, 0.6) is 5.88 Å². The molecular weight excluding hydrogens is 254 g/mol. The van der Waals surface area contributed by atoms with Crippen molar-refractivity contribution in [1.29, 1.82) is 0 Å². The fraction of sp³-hybridized carbons (Fsp3) is 0.214. The second-order valence-corrected chi connectivity index (χ2v) is 4.49. The van der Waals surface area contributed by atoms with E-state index in [9.17, 15) is 0 Å². The van der Waals surface area contributed by atoms with Crippen LogP contribution in [0.3, 0.4) is 0 Å². The summed E-state index contributed by atoms with van der Waals surface area (Å²) in [5.74, 6) is 0.602. The van der Waals surface area contributed by atoms with Crippen LogP contribution < -0.4 is 10.1 Å². The van der Waals surface area contributed by atoms with Crippen molar-refractivity contribution < 1.29 is 4.74 Å². The highest BCUT2D eigenvalue weighted by Crippen LogP contribution is 2.12. The van der Waals surface area contributed by atoms with Gasteiger partial charge in [-0.3, -0.25) is 0 Å². The molecule has 0 atom stereocenters. The molecule has 3 aromatic rings. The molecule has 0 fully saturated rings. The highest BCUT2D eigenvalue weighted by atomic mass is 16.5. The van der Waals surface area contributed by atoms with Crippen molar-refractivity contribution in [2.45, 2.75) is 13.5 Å². The highest BCUT2D eigenvalue weighted by Gasteiger charge is 2.01. The molecular formula is C14H15N5O. The zero-order valence-electron chi connectivity index (χ0n) is 11.4. The summed E-state index contributed by atoms with van der Waals surface area (Å²) in [6.07, 6.45) is 5.56. The van der Waals surface area contributed by atoms with E-state index >= 15 is 0 Å². The fourth-order valence-electron chi connectivity index (χ4n) is 1.93. The molecule has 6 nitrogen and oxygen atoms in total. The van der Waals surface area contributed by atoms with Crippen LogP contribution in [0.4, 0.5) is 5.69 Å². The first-order valence-electron chi connectivity index (χ1n) is 6.29. The predicted molar refractivity (Wildman–Crippen MR) is 75.8 cm³/mol. The maximum atomic E-state index is 5.02. The van der Waals surface area contributed by atoms with Crippen LogP contribution in [0, 0.1) is 6.92 Å². The Morgan fingerprint density at radius 1 is 1.25 bits per heavy atom. The monoisotopic (exact) mass is 269 g/mol. The standard InChI is InChI=1S/C14H15N5O/c1-10-5-13-16-7-11(9-19(13)18-10)6-15-12-3-4-14(20-2)17-8-12/h3-5,7-9,15H,6H2,1-2H3. The van der Waals surface area contributed by atoms with Crippen LogP contribution in [0.15, 0.2) is 36.8 Å². The zero-order chi connectivity index (χ0) is 13.9. The molecule has 0 spiro atoms. The van der Waals surface area contributed by atoms with Crippen LogP contribution in [0.2, 0.25) is 0 Å². The van der Waals surface area contributed by atoms with E-state index in [1.165, 1.54) is 0 Å². The van der Waals surface area contributed by atoms with Gasteiger partial charge in [-0.25, -0.2) is 14.5 Å². The molecule has 6 heteroatoms. The molecule has 0 radical (unpaired) electrons. The van der Waals surface area contributed by atoms with E-state index < -0.39 is 0 Å². The van der Waals surface area contributed by atoms with Crippen molar-refractivity contribution in [2.24, 2.45) is 0 Å². The number of nitrogens with zero attached hydrogens (tertiary/aromatic N) is 4. The lowest BCUT2D eigenvalue weighted by Gasteiger charge is -2.06. The summed E-state index contributed by atoms with van der Waals surface area (Å²) in [4.78, 5) is 8.51. The Bertz CT molecular complexity index is 720. The second kappa shape index (κ2) is 5.16. The summed E-state index contributed by atoms with van der Waals surface area (Å²) in [6, 6.07) is 5.70. The number of aromatic nitrogens is 4. The van der Waals surface area contributed by atoms with Crippen molar-refractivity contribution in [3.05, 3.63) is 48.0 Å². The van der Waals surface area contributed by atoms with E-state index in [0.29, 0.717) is 12.4 Å². The third kappa shape index (κ3) is 2.54. The van der Waals surface area contributed by atoms with Gasteiger partial charge in [0.25, 0.3) is 0 Å². The van der Waals surface area contributed by atoms with E-state index in [4.69, 9.17) is 4.74 Å². The summed E-state index contributed by atoms with van der Waals surface area (Å²) in [5.41, 5.74) is 3.80. The SMILES string of the molecule is COc1ccc(NCc2cnc3cc(C)nn3c2)cn1. The number of nitrogens with one attached hydrogen (secondary N) is 1. The van der Waals surface area contributed by atoms with Gasteiger partial charge in [0.1, 0.15) is 0 Å². The third-order valence-corrected chi connectivity index (χ3v) is 2.93. The lowest BCUT2D eigenvalue weighted by molar-refractivity contribution is 0.398. The van der Waals surface area contributed by atoms with E-state index in [1.54, 1.807) is 17.8 Å². The molecule has 0 saturated carbocycles. The van der Waals surface area contributed by atoms with E-state index in [1.807, 2.05) is 37.5 Å². The molecule has 0 aliphatic rings. The summed E-state index contributed by atoms with van der Waals surface area (Å²) in [6.45, 7) is 2.62. The molecule has 1 N–H and O–H groups in total. The Morgan fingerprint density at radius 2 is 2.15 bits per heavy atom. The van der Waals surface area contributed by atoms with Crippen molar-refractivity contribution in [3.63, 3.8) is 0 Å². The largest absolute Gasteiger partial charge is 0.481 e. The first-order chi connectivity index (χ1) is 9.74. The lowest BCUT2D eigenvalue weighted by Crippen LogP contribution is -2.02. The van der Waals surface area contributed by atoms with Gasteiger partial charge in [-0.15, -0.1) is 0 Å². The van der Waals surface area contributed by atoms with Gasteiger partial charge in [0.05, 0.1) is 24.7 Å². The number of anilines is 1. The average molecular weight is 269 g/mol. The number of pyridine rings is 1. The van der Waals surface area contributed by atoms with Crippen LogP contribution in [0.1, 0.15) is 11.3 Å². The molecule has 0 aliphatic carbocycles. The molecule has 3 aromatic heterocycles. The van der Waals surface area contributed by atoms with E-state index in [2.05, 4.69) is 20.4 Å². The summed E-state index contributed by atoms with van der Waals surface area (Å²) >= 11 is 0. The number of aryl methyl sites for hydroxylation is 1. The molecule has 0 unspecified atom stereocenters. The first-order valence-corrected chi connectivity index (χ1v) is 6.29. The number of hydrogen-bond acceptors (Lipinski definition) is 5. The van der Waals surface area contributed by atoms with Crippen LogP contribution in [-0.2, 0) is 6.54 Å². The topological polar surface area (TPSA) is 64.3 Å². The summed E-state index contributed by atoms with van der Waals surface area (Å²) in [7, 11) is 1.60. The maximum Gasteiger partial charge on any atom is 0.213 e. The van der Waals surface area contributed by atoms with Gasteiger partial charge in [0.15, 0.2) is 5.65 Å². The molecule has 0 bridgehead atoms. The van der Waals surface area contributed by atoms with Crippen molar-refractivity contribution in [1.82, 2.24) is 19.6 Å².